The molecule has 6 nitrogen and oxygen atoms in total. The van der Waals surface area contributed by atoms with Gasteiger partial charge in [0.2, 0.25) is 10.0 Å². The molecule has 1 aromatic carbocycles. The number of hydrogen-bond donors (Lipinski definition) is 1. The van der Waals surface area contributed by atoms with Gasteiger partial charge in [-0.05, 0) is 38.5 Å². The zero-order valence-electron chi connectivity index (χ0n) is 12.3. The molecule has 0 fully saturated rings. The zero-order valence-corrected chi connectivity index (χ0v) is 13.9. The van der Waals surface area contributed by atoms with Gasteiger partial charge in [-0.3, -0.25) is 9.10 Å². The van der Waals surface area contributed by atoms with Crippen molar-refractivity contribution in [1.29, 1.82) is 0 Å². The van der Waals surface area contributed by atoms with Gasteiger partial charge in [-0.1, -0.05) is 17.7 Å². The molecule has 0 aliphatic heterocycles. The maximum Gasteiger partial charge on any atom is 0.260 e. The summed E-state index contributed by atoms with van der Waals surface area (Å²) in [5, 5.41) is 4.16. The van der Waals surface area contributed by atoms with Crippen LogP contribution in [-0.2, 0) is 14.8 Å². The maximum absolute atomic E-state index is 11.9. The van der Waals surface area contributed by atoms with E-state index in [1.165, 1.54) is 6.07 Å². The van der Waals surface area contributed by atoms with Gasteiger partial charge in [0, 0.05) is 10.7 Å². The molecule has 21 heavy (non-hydrogen) atoms. The van der Waals surface area contributed by atoms with E-state index >= 15 is 0 Å². The third-order valence-corrected chi connectivity index (χ3v) is 3.89. The van der Waals surface area contributed by atoms with Gasteiger partial charge in [0.15, 0.2) is 0 Å². The van der Waals surface area contributed by atoms with Crippen molar-refractivity contribution in [3.05, 3.63) is 28.8 Å². The van der Waals surface area contributed by atoms with Crippen LogP contribution >= 0.6 is 11.6 Å². The van der Waals surface area contributed by atoms with E-state index in [2.05, 4.69) is 10.5 Å². The summed E-state index contributed by atoms with van der Waals surface area (Å²) in [6, 6.07) is 4.87. The fraction of sp³-hybridized carbons (Fsp3) is 0.385. The standard InChI is InChI=1S/C13H18ClN3O3S/c1-9(2)15-16-13(18)8-17(21(4,19)20)12-7-11(14)6-5-10(12)3/h5-7H,8H2,1-4H3,(H,16,18). The highest BCUT2D eigenvalue weighted by atomic mass is 35.5. The van der Waals surface area contributed by atoms with E-state index in [9.17, 15) is 13.2 Å². The Morgan fingerprint density at radius 2 is 2.00 bits per heavy atom. The third kappa shape index (κ3) is 5.35. The molecule has 0 spiro atoms. The third-order valence-electron chi connectivity index (χ3n) is 2.53. The normalized spacial score (nSPS) is 10.9. The fourth-order valence-electron chi connectivity index (χ4n) is 1.57. The number of carbonyl (C=O) groups is 1. The van der Waals surface area contributed by atoms with Crippen molar-refractivity contribution in [3.63, 3.8) is 0 Å². The molecule has 1 N–H and O–H groups in total. The first-order chi connectivity index (χ1) is 9.61. The molecule has 0 atom stereocenters. The number of nitrogens with zero attached hydrogens (tertiary/aromatic N) is 2. The van der Waals surface area contributed by atoms with Crippen LogP contribution in [0.3, 0.4) is 0 Å². The Hall–Kier alpha value is -1.60. The first-order valence-electron chi connectivity index (χ1n) is 6.15. The molecule has 0 saturated carbocycles. The van der Waals surface area contributed by atoms with Crippen molar-refractivity contribution < 1.29 is 13.2 Å². The quantitative estimate of drug-likeness (QED) is 0.661. The number of rotatable bonds is 5. The Bertz CT molecular complexity index is 667. The van der Waals surface area contributed by atoms with Crippen LogP contribution in [0.5, 0.6) is 0 Å². The highest BCUT2D eigenvalue weighted by molar-refractivity contribution is 7.92. The second kappa shape index (κ2) is 6.91. The van der Waals surface area contributed by atoms with Crippen molar-refractivity contribution in [2.75, 3.05) is 17.1 Å². The lowest BCUT2D eigenvalue weighted by Gasteiger charge is -2.23. The number of anilines is 1. The van der Waals surface area contributed by atoms with Crippen LogP contribution in [0, 0.1) is 6.92 Å². The number of hydrazone groups is 1. The summed E-state index contributed by atoms with van der Waals surface area (Å²) in [6.45, 7) is 4.82. The van der Waals surface area contributed by atoms with Crippen LogP contribution in [0.1, 0.15) is 19.4 Å². The molecule has 0 radical (unpaired) electrons. The predicted molar refractivity (Wildman–Crippen MR) is 85.3 cm³/mol. The summed E-state index contributed by atoms with van der Waals surface area (Å²) in [6.07, 6.45) is 1.04. The molecule has 1 aromatic rings. The van der Waals surface area contributed by atoms with Gasteiger partial charge in [0.25, 0.3) is 5.91 Å². The molecule has 0 unspecified atom stereocenters. The van der Waals surface area contributed by atoms with E-state index in [0.717, 1.165) is 10.6 Å². The molecule has 0 aliphatic rings. The molecule has 1 rings (SSSR count). The van der Waals surface area contributed by atoms with Gasteiger partial charge in [0.1, 0.15) is 6.54 Å². The SMILES string of the molecule is CC(C)=NNC(=O)CN(c1cc(Cl)ccc1C)S(C)(=O)=O. The van der Waals surface area contributed by atoms with Gasteiger partial charge in [-0.15, -0.1) is 0 Å². The Morgan fingerprint density at radius 3 is 2.52 bits per heavy atom. The molecular weight excluding hydrogens is 314 g/mol. The van der Waals surface area contributed by atoms with Crippen molar-refractivity contribution in [2.24, 2.45) is 5.10 Å². The topological polar surface area (TPSA) is 78.8 Å². The van der Waals surface area contributed by atoms with E-state index in [0.29, 0.717) is 22.0 Å². The number of carbonyl (C=O) groups excluding carboxylic acids is 1. The highest BCUT2D eigenvalue weighted by Crippen LogP contribution is 2.26. The van der Waals surface area contributed by atoms with Gasteiger partial charge in [0.05, 0.1) is 11.9 Å². The van der Waals surface area contributed by atoms with Crippen LogP contribution in [0.25, 0.3) is 0 Å². The number of benzene rings is 1. The van der Waals surface area contributed by atoms with E-state index < -0.39 is 15.9 Å². The minimum Gasteiger partial charge on any atom is -0.271 e. The monoisotopic (exact) mass is 331 g/mol. The Morgan fingerprint density at radius 1 is 1.38 bits per heavy atom. The van der Waals surface area contributed by atoms with Crippen LogP contribution in [0.2, 0.25) is 5.02 Å². The van der Waals surface area contributed by atoms with Gasteiger partial charge in [-0.25, -0.2) is 13.8 Å². The van der Waals surface area contributed by atoms with Crippen LogP contribution in [0.4, 0.5) is 5.69 Å². The Labute approximate surface area is 129 Å². The highest BCUT2D eigenvalue weighted by Gasteiger charge is 2.22. The maximum atomic E-state index is 11.9. The first-order valence-corrected chi connectivity index (χ1v) is 8.37. The number of sulfonamides is 1. The molecule has 8 heteroatoms. The van der Waals surface area contributed by atoms with Crippen LogP contribution in [-0.4, -0.2) is 32.8 Å². The zero-order chi connectivity index (χ0) is 16.2. The van der Waals surface area contributed by atoms with E-state index in [-0.39, 0.29) is 6.54 Å². The van der Waals surface area contributed by atoms with Gasteiger partial charge >= 0.3 is 0 Å². The van der Waals surface area contributed by atoms with Crippen molar-refractivity contribution in [1.82, 2.24) is 5.43 Å². The average Bonchev–Trinajstić information content (AvgIpc) is 2.35. The summed E-state index contributed by atoms with van der Waals surface area (Å²) in [5.41, 5.74) is 4.03. The van der Waals surface area contributed by atoms with Crippen molar-refractivity contribution in [2.45, 2.75) is 20.8 Å². The summed E-state index contributed by atoms with van der Waals surface area (Å²) in [7, 11) is -3.63. The number of hydrogen-bond acceptors (Lipinski definition) is 4. The van der Waals surface area contributed by atoms with E-state index in [4.69, 9.17) is 11.6 Å². The fourth-order valence-corrected chi connectivity index (χ4v) is 2.64. The van der Waals surface area contributed by atoms with Crippen molar-refractivity contribution in [3.8, 4) is 0 Å². The van der Waals surface area contributed by atoms with Crippen LogP contribution in [0.15, 0.2) is 23.3 Å². The smallest absolute Gasteiger partial charge is 0.260 e. The molecule has 0 aliphatic carbocycles. The molecule has 0 heterocycles. The molecule has 1 amide bonds. The lowest BCUT2D eigenvalue weighted by atomic mass is 10.2. The number of halogens is 1. The predicted octanol–water partition coefficient (Wildman–Crippen LogP) is 1.93. The first kappa shape index (κ1) is 17.5. The number of nitrogens with one attached hydrogen (secondary N) is 1. The summed E-state index contributed by atoms with van der Waals surface area (Å²) in [5.74, 6) is -0.527. The minimum atomic E-state index is -3.63. The molecule has 0 aromatic heterocycles. The summed E-state index contributed by atoms with van der Waals surface area (Å²) in [4.78, 5) is 11.8. The molecule has 0 bridgehead atoms. The lowest BCUT2D eigenvalue weighted by Crippen LogP contribution is -2.39. The second-order valence-corrected chi connectivity index (χ2v) is 7.14. The molecule has 116 valence electrons. The number of aryl methyl sites for hydroxylation is 1. The Balaban J connectivity index is 3.11. The van der Waals surface area contributed by atoms with Crippen molar-refractivity contribution >= 4 is 38.9 Å². The summed E-state index contributed by atoms with van der Waals surface area (Å²) < 4.78 is 24.9. The second-order valence-electron chi connectivity index (χ2n) is 4.79. The number of amides is 1. The van der Waals surface area contributed by atoms with Gasteiger partial charge in [-0.2, -0.15) is 5.10 Å². The molecular formula is C13H18ClN3O3S. The van der Waals surface area contributed by atoms with E-state index in [1.807, 2.05) is 0 Å². The van der Waals surface area contributed by atoms with E-state index in [1.54, 1.807) is 32.9 Å². The lowest BCUT2D eigenvalue weighted by molar-refractivity contribution is -0.119. The van der Waals surface area contributed by atoms with Crippen LogP contribution < -0.4 is 9.73 Å². The van der Waals surface area contributed by atoms with Gasteiger partial charge < -0.3 is 0 Å². The summed E-state index contributed by atoms with van der Waals surface area (Å²) >= 11 is 5.91. The Kier molecular flexibility index (Phi) is 5.74. The minimum absolute atomic E-state index is 0.364. The molecule has 0 saturated heterocycles. The largest absolute Gasteiger partial charge is 0.271 e. The average molecular weight is 332 g/mol.